The Kier molecular flexibility index (Phi) is 10.3. The van der Waals surface area contributed by atoms with E-state index in [0.717, 1.165) is 12.8 Å². The molecule has 0 saturated carbocycles. The van der Waals surface area contributed by atoms with Crippen LogP contribution in [0, 0.1) is 6.07 Å². The van der Waals surface area contributed by atoms with Gasteiger partial charge in [0.15, 0.2) is 0 Å². The van der Waals surface area contributed by atoms with Gasteiger partial charge in [-0.3, -0.25) is 0 Å². The Morgan fingerprint density at radius 1 is 0.622 bits per heavy atom. The van der Waals surface area contributed by atoms with Gasteiger partial charge in [0.2, 0.25) is 0 Å². The van der Waals surface area contributed by atoms with Crippen LogP contribution in [-0.4, -0.2) is 3.21 Å². The fourth-order valence-corrected chi connectivity index (χ4v) is 5.80. The molecule has 0 aliphatic heterocycles. The van der Waals surface area contributed by atoms with Crippen molar-refractivity contribution >= 4 is 33.6 Å². The van der Waals surface area contributed by atoms with Gasteiger partial charge in [-0.25, -0.2) is 0 Å². The van der Waals surface area contributed by atoms with Crippen molar-refractivity contribution in [2.45, 2.75) is 33.6 Å². The summed E-state index contributed by atoms with van der Waals surface area (Å²) in [7, 11) is 0. The topological polar surface area (TPSA) is 0 Å². The molecule has 3 heteroatoms. The summed E-state index contributed by atoms with van der Waals surface area (Å²) in [4.78, 5) is 0. The van der Waals surface area contributed by atoms with Crippen molar-refractivity contribution in [2.24, 2.45) is 0 Å². The predicted molar refractivity (Wildman–Crippen MR) is 160 cm³/mol. The molecule has 2 aliphatic carbocycles. The summed E-state index contributed by atoms with van der Waals surface area (Å²) < 4.78 is 1.42. The Morgan fingerprint density at radius 3 is 1.76 bits per heavy atom. The van der Waals surface area contributed by atoms with Crippen LogP contribution in [0.3, 0.4) is 0 Å². The van der Waals surface area contributed by atoms with Gasteiger partial charge in [0.05, 0.1) is 0 Å². The summed E-state index contributed by atoms with van der Waals surface area (Å²) in [5, 5.41) is 0. The molecule has 4 aromatic rings. The van der Waals surface area contributed by atoms with E-state index in [-0.39, 0.29) is 24.8 Å². The molecule has 0 atom stereocenters. The predicted octanol–water partition coefficient (Wildman–Crippen LogP) is 9.22. The third kappa shape index (κ3) is 6.23. The average Bonchev–Trinajstić information content (AvgIpc) is 3.41. The number of rotatable bonds is 3. The molecule has 0 saturated heterocycles. The van der Waals surface area contributed by atoms with E-state index in [2.05, 4.69) is 124 Å². The van der Waals surface area contributed by atoms with Gasteiger partial charge in [0.25, 0.3) is 0 Å². The van der Waals surface area contributed by atoms with Gasteiger partial charge in [0.1, 0.15) is 0 Å². The monoisotopic (exact) mass is 599 g/mol. The standard InChI is InChI=1S/C21H19.C13H10.2ClH.Zr/c1-13-10-21(15(3)14(13)2)17-8-9-20-18(12-17)11-16-6-4-5-7-19(16)20;1-3-7-12(8-4-1)11-13-9-5-2-6-10-13;;;/h4-9H,10-11H2,1-3H3;1-10H;2*1H;/q-1;;;;. The molecule has 0 N–H and O–H groups in total. The van der Waals surface area contributed by atoms with Gasteiger partial charge in [-0.1, -0.05) is 52.1 Å². The number of halogens is 2. The molecule has 4 aromatic carbocycles. The van der Waals surface area contributed by atoms with Crippen molar-refractivity contribution in [1.82, 2.24) is 0 Å². The number of hydrogen-bond donors (Lipinski definition) is 0. The Morgan fingerprint density at radius 2 is 1.19 bits per heavy atom. The van der Waals surface area contributed by atoms with Gasteiger partial charge in [-0.15, -0.1) is 59.7 Å². The molecule has 0 bridgehead atoms. The molecule has 0 heterocycles. The molecule has 0 radical (unpaired) electrons. The van der Waals surface area contributed by atoms with Crippen LogP contribution in [0.25, 0.3) is 16.7 Å². The van der Waals surface area contributed by atoms with Gasteiger partial charge >= 0.3 is 99.2 Å². The summed E-state index contributed by atoms with van der Waals surface area (Å²) in [5.74, 6) is 0. The zero-order valence-corrected chi connectivity index (χ0v) is 25.6. The second kappa shape index (κ2) is 13.0. The van der Waals surface area contributed by atoms with Crippen molar-refractivity contribution in [3.8, 4) is 11.1 Å². The number of allylic oxidation sites excluding steroid dienone is 4. The molecule has 0 spiro atoms. The van der Waals surface area contributed by atoms with Crippen molar-refractivity contribution < 1.29 is 24.2 Å². The quantitative estimate of drug-likeness (QED) is 0.181. The first kappa shape index (κ1) is 29.3. The first-order chi connectivity index (χ1) is 17.0. The normalized spacial score (nSPS) is 13.0. The molecule has 2 aliphatic rings. The summed E-state index contributed by atoms with van der Waals surface area (Å²) >= 11 is 1.46. The van der Waals surface area contributed by atoms with Crippen molar-refractivity contribution in [1.29, 1.82) is 0 Å². The second-order valence-electron chi connectivity index (χ2n) is 9.39. The van der Waals surface area contributed by atoms with Crippen LogP contribution >= 0.6 is 24.8 Å². The maximum atomic E-state index is 3.70. The van der Waals surface area contributed by atoms with E-state index in [1.165, 1.54) is 88.7 Å². The Labute approximate surface area is 248 Å². The first-order valence-corrected chi connectivity index (χ1v) is 13.5. The zero-order valence-electron chi connectivity index (χ0n) is 21.5. The van der Waals surface area contributed by atoms with E-state index < -0.39 is 0 Å². The molecule has 0 aromatic heterocycles. The van der Waals surface area contributed by atoms with E-state index in [9.17, 15) is 0 Å². The van der Waals surface area contributed by atoms with Crippen LogP contribution in [0.2, 0.25) is 0 Å². The molecular formula is C34H31Cl2Zr-. The number of benzene rings is 4. The van der Waals surface area contributed by atoms with E-state index >= 15 is 0 Å². The Bertz CT molecular complexity index is 1420. The van der Waals surface area contributed by atoms with Crippen LogP contribution in [0.15, 0.2) is 114 Å². The summed E-state index contributed by atoms with van der Waals surface area (Å²) in [6, 6.07) is 38.1. The molecule has 0 unspecified atom stereocenters. The fourth-order valence-electron chi connectivity index (χ4n) is 4.98. The molecule has 37 heavy (non-hydrogen) atoms. The average molecular weight is 602 g/mol. The van der Waals surface area contributed by atoms with Crippen molar-refractivity contribution in [3.05, 3.63) is 148 Å². The van der Waals surface area contributed by atoms with E-state index in [1.54, 1.807) is 0 Å². The Hall–Kier alpha value is -2.31. The first-order valence-electron chi connectivity index (χ1n) is 12.2. The minimum absolute atomic E-state index is 0. The van der Waals surface area contributed by atoms with Crippen LogP contribution in [-0.2, 0) is 30.7 Å². The summed E-state index contributed by atoms with van der Waals surface area (Å²) in [5.41, 5.74) is 15.4. The third-order valence-corrected chi connectivity index (χ3v) is 8.67. The SMILES string of the molecule is CC1=C(C)C(C)=C(c2[c-]c3c(cc2)-c2ccccc2C3)C1.Cl.Cl.[Zr]=[C](c1ccccc1)c1ccccc1. The summed E-state index contributed by atoms with van der Waals surface area (Å²) in [6.07, 6.45) is 2.11. The van der Waals surface area contributed by atoms with Crippen LogP contribution in [0.4, 0.5) is 0 Å². The van der Waals surface area contributed by atoms with Gasteiger partial charge < -0.3 is 0 Å². The number of fused-ring (bicyclic) bond motifs is 3. The fraction of sp³-hybridized carbons (Fsp3) is 0.147. The maximum absolute atomic E-state index is 3.70. The van der Waals surface area contributed by atoms with Gasteiger partial charge in [-0.05, 0) is 39.2 Å². The van der Waals surface area contributed by atoms with Crippen LogP contribution in [0.5, 0.6) is 0 Å². The molecule has 0 nitrogen and oxygen atoms in total. The molecular weight excluding hydrogens is 571 g/mol. The van der Waals surface area contributed by atoms with E-state index in [0.29, 0.717) is 0 Å². The van der Waals surface area contributed by atoms with Crippen molar-refractivity contribution in [3.63, 3.8) is 0 Å². The van der Waals surface area contributed by atoms with E-state index in [1.807, 2.05) is 0 Å². The Balaban J connectivity index is 0.000000210. The molecule has 6 rings (SSSR count). The molecule has 186 valence electrons. The van der Waals surface area contributed by atoms with Gasteiger partial charge in [0, 0.05) is 0 Å². The zero-order chi connectivity index (χ0) is 24.4. The number of hydrogen-bond acceptors (Lipinski definition) is 0. The molecule has 0 amide bonds. The van der Waals surface area contributed by atoms with Crippen LogP contribution < -0.4 is 0 Å². The van der Waals surface area contributed by atoms with E-state index in [4.69, 9.17) is 0 Å². The minimum atomic E-state index is 0. The van der Waals surface area contributed by atoms with Crippen LogP contribution in [0.1, 0.15) is 55.0 Å². The van der Waals surface area contributed by atoms with Gasteiger partial charge in [-0.2, -0.15) is 0 Å². The second-order valence-corrected chi connectivity index (χ2v) is 10.6. The summed E-state index contributed by atoms with van der Waals surface area (Å²) in [6.45, 7) is 6.73. The van der Waals surface area contributed by atoms with Crippen molar-refractivity contribution in [2.75, 3.05) is 0 Å². The molecule has 0 fully saturated rings. The third-order valence-electron chi connectivity index (χ3n) is 7.25.